The Bertz CT molecular complexity index is 611. The SMILES string of the molecule is CC(c1ccc(O)cc1)N(C)C(=O)Nc1ccc(F)cc1. The highest BCUT2D eigenvalue weighted by Gasteiger charge is 2.17. The summed E-state index contributed by atoms with van der Waals surface area (Å²) in [6.07, 6.45) is 0. The van der Waals surface area contributed by atoms with E-state index in [0.717, 1.165) is 5.56 Å². The second kappa shape index (κ2) is 6.26. The summed E-state index contributed by atoms with van der Waals surface area (Å²) >= 11 is 0. The Hall–Kier alpha value is -2.56. The minimum Gasteiger partial charge on any atom is -0.508 e. The summed E-state index contributed by atoms with van der Waals surface area (Å²) in [5, 5.41) is 12.0. The van der Waals surface area contributed by atoms with E-state index >= 15 is 0 Å². The molecule has 2 aromatic carbocycles. The topological polar surface area (TPSA) is 52.6 Å². The first-order chi connectivity index (χ1) is 9.97. The van der Waals surface area contributed by atoms with Crippen LogP contribution in [0.5, 0.6) is 5.75 Å². The van der Waals surface area contributed by atoms with Crippen LogP contribution in [0.1, 0.15) is 18.5 Å². The molecular formula is C16H17FN2O2. The van der Waals surface area contributed by atoms with Crippen molar-refractivity contribution in [2.75, 3.05) is 12.4 Å². The molecule has 21 heavy (non-hydrogen) atoms. The molecule has 2 amide bonds. The van der Waals surface area contributed by atoms with E-state index in [-0.39, 0.29) is 23.6 Å². The van der Waals surface area contributed by atoms with Gasteiger partial charge in [-0.2, -0.15) is 0 Å². The molecule has 0 aliphatic carbocycles. The summed E-state index contributed by atoms with van der Waals surface area (Å²) < 4.78 is 12.8. The van der Waals surface area contributed by atoms with Gasteiger partial charge in [-0.3, -0.25) is 0 Å². The summed E-state index contributed by atoms with van der Waals surface area (Å²) in [7, 11) is 1.68. The lowest BCUT2D eigenvalue weighted by atomic mass is 10.1. The fourth-order valence-electron chi connectivity index (χ4n) is 1.90. The molecule has 0 aliphatic heterocycles. The first-order valence-corrected chi connectivity index (χ1v) is 6.55. The number of carbonyl (C=O) groups is 1. The zero-order valence-corrected chi connectivity index (χ0v) is 11.9. The van der Waals surface area contributed by atoms with Gasteiger partial charge in [-0.15, -0.1) is 0 Å². The number of rotatable bonds is 3. The number of halogens is 1. The van der Waals surface area contributed by atoms with Gasteiger partial charge >= 0.3 is 6.03 Å². The van der Waals surface area contributed by atoms with Crippen LogP contribution >= 0.6 is 0 Å². The molecule has 0 aromatic heterocycles. The Kier molecular flexibility index (Phi) is 4.42. The predicted molar refractivity (Wildman–Crippen MR) is 79.7 cm³/mol. The van der Waals surface area contributed by atoms with Crippen LogP contribution in [0.4, 0.5) is 14.9 Å². The second-order valence-corrected chi connectivity index (χ2v) is 4.82. The number of benzene rings is 2. The van der Waals surface area contributed by atoms with Crippen LogP contribution in [-0.4, -0.2) is 23.1 Å². The number of anilines is 1. The second-order valence-electron chi connectivity index (χ2n) is 4.82. The first kappa shape index (κ1) is 14.8. The molecule has 2 N–H and O–H groups in total. The molecule has 0 aliphatic rings. The van der Waals surface area contributed by atoms with Crippen LogP contribution in [0, 0.1) is 5.82 Å². The van der Waals surface area contributed by atoms with Crippen LogP contribution in [0.2, 0.25) is 0 Å². The van der Waals surface area contributed by atoms with Crippen molar-refractivity contribution in [1.29, 1.82) is 0 Å². The number of nitrogens with zero attached hydrogens (tertiary/aromatic N) is 1. The molecular weight excluding hydrogens is 271 g/mol. The highest BCUT2D eigenvalue weighted by atomic mass is 19.1. The van der Waals surface area contributed by atoms with Crippen LogP contribution in [0.3, 0.4) is 0 Å². The summed E-state index contributed by atoms with van der Waals surface area (Å²) in [5.74, 6) is -0.164. The largest absolute Gasteiger partial charge is 0.508 e. The third-order valence-electron chi connectivity index (χ3n) is 3.37. The van der Waals surface area contributed by atoms with Crippen molar-refractivity contribution in [1.82, 2.24) is 4.90 Å². The Morgan fingerprint density at radius 3 is 2.29 bits per heavy atom. The van der Waals surface area contributed by atoms with Crippen molar-refractivity contribution >= 4 is 11.7 Å². The van der Waals surface area contributed by atoms with Gasteiger partial charge in [-0.05, 0) is 48.9 Å². The monoisotopic (exact) mass is 288 g/mol. The Balaban J connectivity index is 2.04. The van der Waals surface area contributed by atoms with Crippen molar-refractivity contribution in [3.8, 4) is 5.75 Å². The number of hydrogen-bond donors (Lipinski definition) is 2. The standard InChI is InChI=1S/C16H17FN2O2/c1-11(12-3-9-15(20)10-4-12)19(2)16(21)18-14-7-5-13(17)6-8-14/h3-11,20H,1-2H3,(H,18,21). The summed E-state index contributed by atoms with van der Waals surface area (Å²) in [5.41, 5.74) is 1.44. The number of amides is 2. The van der Waals surface area contributed by atoms with Crippen molar-refractivity contribution in [3.63, 3.8) is 0 Å². The van der Waals surface area contributed by atoms with Gasteiger partial charge in [-0.25, -0.2) is 9.18 Å². The molecule has 2 aromatic rings. The van der Waals surface area contributed by atoms with Gasteiger partial charge in [0.1, 0.15) is 11.6 Å². The number of hydrogen-bond acceptors (Lipinski definition) is 2. The number of phenolic OH excluding ortho intramolecular Hbond substituents is 1. The molecule has 0 saturated heterocycles. The summed E-state index contributed by atoms with van der Waals surface area (Å²) in [6, 6.07) is 11.8. The lowest BCUT2D eigenvalue weighted by Gasteiger charge is -2.25. The normalized spacial score (nSPS) is 11.8. The maximum Gasteiger partial charge on any atom is 0.322 e. The molecule has 110 valence electrons. The molecule has 0 fully saturated rings. The molecule has 4 nitrogen and oxygen atoms in total. The Labute approximate surface area is 122 Å². The van der Waals surface area contributed by atoms with E-state index in [0.29, 0.717) is 5.69 Å². The predicted octanol–water partition coefficient (Wildman–Crippen LogP) is 3.76. The van der Waals surface area contributed by atoms with Crippen molar-refractivity contribution in [3.05, 3.63) is 59.9 Å². The summed E-state index contributed by atoms with van der Waals surface area (Å²) in [6.45, 7) is 1.89. The third-order valence-corrected chi connectivity index (χ3v) is 3.37. The van der Waals surface area contributed by atoms with Crippen molar-refractivity contribution in [2.24, 2.45) is 0 Å². The van der Waals surface area contributed by atoms with E-state index in [4.69, 9.17) is 0 Å². The molecule has 2 rings (SSSR count). The molecule has 0 spiro atoms. The van der Waals surface area contributed by atoms with Gasteiger partial charge in [-0.1, -0.05) is 12.1 Å². The van der Waals surface area contributed by atoms with Gasteiger partial charge in [0.05, 0.1) is 6.04 Å². The van der Waals surface area contributed by atoms with Gasteiger partial charge in [0, 0.05) is 12.7 Å². The van der Waals surface area contributed by atoms with E-state index in [1.54, 1.807) is 31.3 Å². The van der Waals surface area contributed by atoms with Gasteiger partial charge in [0.25, 0.3) is 0 Å². The zero-order valence-electron chi connectivity index (χ0n) is 11.9. The highest BCUT2D eigenvalue weighted by molar-refractivity contribution is 5.89. The van der Waals surface area contributed by atoms with Crippen LogP contribution in [0.15, 0.2) is 48.5 Å². The molecule has 1 unspecified atom stereocenters. The minimum atomic E-state index is -0.348. The Morgan fingerprint density at radius 2 is 1.71 bits per heavy atom. The summed E-state index contributed by atoms with van der Waals surface area (Å²) in [4.78, 5) is 13.7. The molecule has 1 atom stereocenters. The van der Waals surface area contributed by atoms with Crippen LogP contribution < -0.4 is 5.32 Å². The smallest absolute Gasteiger partial charge is 0.322 e. The number of carbonyl (C=O) groups excluding carboxylic acids is 1. The lowest BCUT2D eigenvalue weighted by Crippen LogP contribution is -2.33. The van der Waals surface area contributed by atoms with Crippen LogP contribution in [0.25, 0.3) is 0 Å². The molecule has 5 heteroatoms. The van der Waals surface area contributed by atoms with E-state index in [2.05, 4.69) is 5.32 Å². The Morgan fingerprint density at radius 1 is 1.14 bits per heavy atom. The quantitative estimate of drug-likeness (QED) is 0.903. The number of phenols is 1. The fourth-order valence-corrected chi connectivity index (χ4v) is 1.90. The first-order valence-electron chi connectivity index (χ1n) is 6.55. The van der Waals surface area contributed by atoms with Gasteiger partial charge in [0.2, 0.25) is 0 Å². The van der Waals surface area contributed by atoms with E-state index in [1.807, 2.05) is 6.92 Å². The third kappa shape index (κ3) is 3.72. The lowest BCUT2D eigenvalue weighted by molar-refractivity contribution is 0.208. The van der Waals surface area contributed by atoms with Crippen molar-refractivity contribution < 1.29 is 14.3 Å². The number of urea groups is 1. The fraction of sp³-hybridized carbons (Fsp3) is 0.188. The maximum absolute atomic E-state index is 12.8. The average molecular weight is 288 g/mol. The van der Waals surface area contributed by atoms with Crippen molar-refractivity contribution in [2.45, 2.75) is 13.0 Å². The zero-order chi connectivity index (χ0) is 15.4. The van der Waals surface area contributed by atoms with Gasteiger partial charge < -0.3 is 15.3 Å². The average Bonchev–Trinajstić information content (AvgIpc) is 2.49. The van der Waals surface area contributed by atoms with E-state index < -0.39 is 0 Å². The van der Waals surface area contributed by atoms with Gasteiger partial charge in [0.15, 0.2) is 0 Å². The van der Waals surface area contributed by atoms with E-state index in [1.165, 1.54) is 29.2 Å². The van der Waals surface area contributed by atoms with Crippen LogP contribution in [-0.2, 0) is 0 Å². The molecule has 0 bridgehead atoms. The molecule has 0 heterocycles. The molecule has 0 radical (unpaired) electrons. The minimum absolute atomic E-state index is 0.161. The number of aromatic hydroxyl groups is 1. The highest BCUT2D eigenvalue weighted by Crippen LogP contribution is 2.22. The van der Waals surface area contributed by atoms with E-state index in [9.17, 15) is 14.3 Å². The maximum atomic E-state index is 12.8. The number of nitrogens with one attached hydrogen (secondary N) is 1. The molecule has 0 saturated carbocycles.